The number of esters is 1. The molecule has 0 radical (unpaired) electrons. The predicted molar refractivity (Wildman–Crippen MR) is 102 cm³/mol. The van der Waals surface area contributed by atoms with Crippen LogP contribution < -0.4 is 10.2 Å². The van der Waals surface area contributed by atoms with Crippen molar-refractivity contribution in [3.8, 4) is 5.75 Å². The first-order valence-corrected chi connectivity index (χ1v) is 8.03. The third-order valence-corrected chi connectivity index (χ3v) is 3.56. The molecule has 7 heteroatoms. The Labute approximate surface area is 155 Å². The molecule has 3 rings (SSSR count). The second-order valence-corrected chi connectivity index (χ2v) is 5.50. The van der Waals surface area contributed by atoms with Gasteiger partial charge in [-0.3, -0.25) is 15.5 Å². The Kier molecular flexibility index (Phi) is 5.54. The third kappa shape index (κ3) is 4.99. The van der Waals surface area contributed by atoms with Crippen molar-refractivity contribution in [1.82, 2.24) is 0 Å². The summed E-state index contributed by atoms with van der Waals surface area (Å²) in [5, 5.41) is 14.8. The van der Waals surface area contributed by atoms with Crippen LogP contribution in [0.15, 0.2) is 84.0 Å². The van der Waals surface area contributed by atoms with E-state index in [4.69, 9.17) is 4.74 Å². The van der Waals surface area contributed by atoms with Gasteiger partial charge in [0.25, 0.3) is 5.69 Å². The molecule has 1 N–H and O–H groups in total. The van der Waals surface area contributed by atoms with Crippen LogP contribution in [-0.4, -0.2) is 17.1 Å². The van der Waals surface area contributed by atoms with E-state index in [9.17, 15) is 14.9 Å². The Morgan fingerprint density at radius 2 is 1.74 bits per heavy atom. The summed E-state index contributed by atoms with van der Waals surface area (Å²) in [7, 11) is 0. The minimum Gasteiger partial charge on any atom is -0.423 e. The van der Waals surface area contributed by atoms with Crippen molar-refractivity contribution in [3.05, 3.63) is 100 Å². The van der Waals surface area contributed by atoms with Crippen LogP contribution in [0.3, 0.4) is 0 Å². The SMILES string of the molecule is O=C(Oc1ccc(C=NNc2cccc([N+](=O)[O-])c2)cc1)c1ccccc1. The van der Waals surface area contributed by atoms with Gasteiger partial charge in [0.1, 0.15) is 5.75 Å². The highest BCUT2D eigenvalue weighted by Gasteiger charge is 2.07. The summed E-state index contributed by atoms with van der Waals surface area (Å²) in [4.78, 5) is 22.3. The average Bonchev–Trinajstić information content (AvgIpc) is 2.70. The van der Waals surface area contributed by atoms with E-state index in [1.807, 2.05) is 6.07 Å². The molecule has 134 valence electrons. The highest BCUT2D eigenvalue weighted by atomic mass is 16.6. The minimum absolute atomic E-state index is 0.0141. The molecule has 0 saturated carbocycles. The van der Waals surface area contributed by atoms with E-state index in [-0.39, 0.29) is 5.69 Å². The first kappa shape index (κ1) is 17.8. The van der Waals surface area contributed by atoms with Crippen LogP contribution in [0.1, 0.15) is 15.9 Å². The molecule has 0 amide bonds. The van der Waals surface area contributed by atoms with Gasteiger partial charge in [0, 0.05) is 12.1 Å². The van der Waals surface area contributed by atoms with Crippen molar-refractivity contribution in [3.63, 3.8) is 0 Å². The van der Waals surface area contributed by atoms with Crippen LogP contribution >= 0.6 is 0 Å². The number of nitrogens with one attached hydrogen (secondary N) is 1. The summed E-state index contributed by atoms with van der Waals surface area (Å²) in [6.07, 6.45) is 1.56. The number of carbonyl (C=O) groups excluding carboxylic acids is 1. The molecule has 0 atom stereocenters. The molecule has 0 aliphatic heterocycles. The van der Waals surface area contributed by atoms with Gasteiger partial charge in [-0.1, -0.05) is 24.3 Å². The molecule has 27 heavy (non-hydrogen) atoms. The van der Waals surface area contributed by atoms with Gasteiger partial charge < -0.3 is 4.74 Å². The van der Waals surface area contributed by atoms with Crippen LogP contribution in [0.5, 0.6) is 5.75 Å². The maximum Gasteiger partial charge on any atom is 0.343 e. The van der Waals surface area contributed by atoms with E-state index >= 15 is 0 Å². The highest BCUT2D eigenvalue weighted by molar-refractivity contribution is 5.91. The monoisotopic (exact) mass is 361 g/mol. The fourth-order valence-electron chi connectivity index (χ4n) is 2.23. The second kappa shape index (κ2) is 8.39. The Balaban J connectivity index is 1.59. The Bertz CT molecular complexity index is 970. The summed E-state index contributed by atoms with van der Waals surface area (Å²) >= 11 is 0. The Hall–Kier alpha value is -4.00. The van der Waals surface area contributed by atoms with Crippen molar-refractivity contribution in [1.29, 1.82) is 0 Å². The van der Waals surface area contributed by atoms with Crippen LogP contribution in [0.2, 0.25) is 0 Å². The summed E-state index contributed by atoms with van der Waals surface area (Å²) in [5.41, 5.74) is 4.48. The lowest BCUT2D eigenvalue weighted by Crippen LogP contribution is -2.08. The van der Waals surface area contributed by atoms with Gasteiger partial charge in [0.2, 0.25) is 0 Å². The van der Waals surface area contributed by atoms with E-state index in [0.717, 1.165) is 5.56 Å². The van der Waals surface area contributed by atoms with Crippen LogP contribution in [-0.2, 0) is 0 Å². The van der Waals surface area contributed by atoms with Crippen molar-refractivity contribution < 1.29 is 14.5 Å². The highest BCUT2D eigenvalue weighted by Crippen LogP contribution is 2.17. The number of nitrogens with zero attached hydrogens (tertiary/aromatic N) is 2. The number of benzene rings is 3. The van der Waals surface area contributed by atoms with Gasteiger partial charge in [-0.05, 0) is 48.0 Å². The van der Waals surface area contributed by atoms with Crippen molar-refractivity contribution in [2.45, 2.75) is 0 Å². The zero-order valence-corrected chi connectivity index (χ0v) is 14.1. The Morgan fingerprint density at radius 1 is 1.00 bits per heavy atom. The summed E-state index contributed by atoms with van der Waals surface area (Å²) in [6.45, 7) is 0. The molecule has 0 fully saturated rings. The number of anilines is 1. The molecule has 0 bridgehead atoms. The molecule has 3 aromatic carbocycles. The first-order valence-electron chi connectivity index (χ1n) is 8.03. The average molecular weight is 361 g/mol. The summed E-state index contributed by atoms with van der Waals surface area (Å²) in [5.74, 6) is -0.00278. The van der Waals surface area contributed by atoms with Crippen molar-refractivity contribution in [2.24, 2.45) is 5.10 Å². The topological polar surface area (TPSA) is 93.8 Å². The minimum atomic E-state index is -0.468. The first-order chi connectivity index (χ1) is 13.1. The number of ether oxygens (including phenoxy) is 1. The zero-order valence-electron chi connectivity index (χ0n) is 14.1. The number of non-ortho nitro benzene ring substituents is 1. The van der Waals surface area contributed by atoms with E-state index in [1.165, 1.54) is 12.1 Å². The second-order valence-electron chi connectivity index (χ2n) is 5.50. The molecule has 0 aliphatic rings. The largest absolute Gasteiger partial charge is 0.423 e. The fourth-order valence-corrected chi connectivity index (χ4v) is 2.23. The molecule has 0 aromatic heterocycles. The molecular formula is C20H15N3O4. The summed E-state index contributed by atoms with van der Waals surface area (Å²) in [6, 6.07) is 21.6. The van der Waals surface area contributed by atoms with Crippen molar-refractivity contribution in [2.75, 3.05) is 5.43 Å². The fraction of sp³-hybridized carbons (Fsp3) is 0. The van der Waals surface area contributed by atoms with Gasteiger partial charge in [-0.2, -0.15) is 5.10 Å². The number of nitro benzene ring substituents is 1. The smallest absolute Gasteiger partial charge is 0.343 e. The molecule has 0 heterocycles. The lowest BCUT2D eigenvalue weighted by atomic mass is 10.2. The van der Waals surface area contributed by atoms with E-state index in [2.05, 4.69) is 10.5 Å². The molecular weight excluding hydrogens is 346 g/mol. The lowest BCUT2D eigenvalue weighted by Gasteiger charge is -2.04. The number of hydrazone groups is 1. The standard InChI is InChI=1S/C20H15N3O4/c24-20(16-5-2-1-3-6-16)27-19-11-9-15(10-12-19)14-21-22-17-7-4-8-18(13-17)23(25)26/h1-14,22H. The molecule has 7 nitrogen and oxygen atoms in total. The predicted octanol–water partition coefficient (Wildman–Crippen LogP) is 4.26. The number of hydrogen-bond donors (Lipinski definition) is 1. The molecule has 0 unspecified atom stereocenters. The van der Waals surface area contributed by atoms with Gasteiger partial charge in [-0.25, -0.2) is 4.79 Å². The van der Waals surface area contributed by atoms with Crippen molar-refractivity contribution >= 4 is 23.6 Å². The quantitative estimate of drug-likeness (QED) is 0.233. The summed E-state index contributed by atoms with van der Waals surface area (Å²) < 4.78 is 5.30. The zero-order chi connectivity index (χ0) is 19.1. The Morgan fingerprint density at radius 3 is 2.44 bits per heavy atom. The maximum atomic E-state index is 12.0. The van der Waals surface area contributed by atoms with E-state index in [0.29, 0.717) is 17.0 Å². The van der Waals surface area contributed by atoms with Gasteiger partial charge in [0.05, 0.1) is 22.4 Å². The third-order valence-electron chi connectivity index (χ3n) is 3.56. The van der Waals surface area contributed by atoms with Crippen LogP contribution in [0.4, 0.5) is 11.4 Å². The van der Waals surface area contributed by atoms with Gasteiger partial charge >= 0.3 is 5.97 Å². The van der Waals surface area contributed by atoms with Crippen LogP contribution in [0.25, 0.3) is 0 Å². The normalized spacial score (nSPS) is 10.5. The lowest BCUT2D eigenvalue weighted by molar-refractivity contribution is -0.384. The number of carbonyl (C=O) groups is 1. The molecule has 0 aliphatic carbocycles. The van der Waals surface area contributed by atoms with Gasteiger partial charge in [0.15, 0.2) is 0 Å². The molecule has 0 spiro atoms. The molecule has 0 saturated heterocycles. The van der Waals surface area contributed by atoms with Gasteiger partial charge in [-0.15, -0.1) is 0 Å². The number of rotatable bonds is 6. The van der Waals surface area contributed by atoms with Crippen LogP contribution in [0, 0.1) is 10.1 Å². The van der Waals surface area contributed by atoms with E-state index in [1.54, 1.807) is 66.9 Å². The maximum absolute atomic E-state index is 12.0. The number of hydrogen-bond acceptors (Lipinski definition) is 6. The molecule has 3 aromatic rings. The van der Waals surface area contributed by atoms with E-state index < -0.39 is 10.9 Å². The number of nitro groups is 1.